The van der Waals surface area contributed by atoms with Gasteiger partial charge in [-0.1, -0.05) is 68.4 Å². The molecule has 43 heavy (non-hydrogen) atoms. The van der Waals surface area contributed by atoms with Gasteiger partial charge in [-0.05, 0) is 98.7 Å². The Kier molecular flexibility index (Phi) is 11.4. The summed E-state index contributed by atoms with van der Waals surface area (Å²) in [6.45, 7) is 8.57. The molecule has 1 saturated carbocycles. The number of phenolic OH excluding ortho intramolecular Hbond substituents is 1. The zero-order chi connectivity index (χ0) is 30.8. The van der Waals surface area contributed by atoms with E-state index in [-0.39, 0.29) is 41.7 Å². The molecule has 3 aromatic rings. The number of Topliss-reactive ketones (excluding diaryl/α,β-unsaturated/α-hetero) is 1. The summed E-state index contributed by atoms with van der Waals surface area (Å²) in [6.07, 6.45) is 3.76. The maximum atomic E-state index is 13.5. The molecule has 6 nitrogen and oxygen atoms in total. The van der Waals surface area contributed by atoms with Gasteiger partial charge in [0.25, 0.3) is 0 Å². The lowest BCUT2D eigenvalue weighted by Crippen LogP contribution is -2.36. The average molecular weight is 587 g/mol. The zero-order valence-corrected chi connectivity index (χ0v) is 26.0. The van der Waals surface area contributed by atoms with Crippen molar-refractivity contribution in [1.29, 1.82) is 0 Å². The second kappa shape index (κ2) is 15.2. The Bertz CT molecular complexity index is 1300. The van der Waals surface area contributed by atoms with Crippen molar-refractivity contribution < 1.29 is 28.9 Å². The fraction of sp³-hybridized carbons (Fsp3) is 0.459. The number of rotatable bonds is 14. The number of phenols is 1. The Labute approximate surface area is 256 Å². The summed E-state index contributed by atoms with van der Waals surface area (Å²) in [7, 11) is 0. The molecule has 1 aliphatic carbocycles. The van der Waals surface area contributed by atoms with Gasteiger partial charge in [-0.3, -0.25) is 9.59 Å². The lowest BCUT2D eigenvalue weighted by molar-refractivity contribution is -0.163. The molecule has 0 amide bonds. The second-order valence-electron chi connectivity index (χ2n) is 12.3. The summed E-state index contributed by atoms with van der Waals surface area (Å²) < 4.78 is 17.8. The molecular formula is C37H46O6. The van der Waals surface area contributed by atoms with Crippen LogP contribution in [-0.4, -0.2) is 29.3 Å². The molecule has 0 aromatic heterocycles. The van der Waals surface area contributed by atoms with Crippen molar-refractivity contribution in [2.75, 3.05) is 0 Å². The number of benzene rings is 3. The van der Waals surface area contributed by atoms with Gasteiger partial charge < -0.3 is 19.3 Å². The first-order valence-corrected chi connectivity index (χ1v) is 15.6. The van der Waals surface area contributed by atoms with Gasteiger partial charge in [0, 0.05) is 12.8 Å². The number of aromatic hydroxyl groups is 1. The highest BCUT2D eigenvalue weighted by atomic mass is 16.7. The highest BCUT2D eigenvalue weighted by molar-refractivity contribution is 5.81. The lowest BCUT2D eigenvalue weighted by atomic mass is 9.73. The van der Waals surface area contributed by atoms with Crippen LogP contribution in [0.25, 0.3) is 0 Å². The van der Waals surface area contributed by atoms with Crippen LogP contribution < -0.4 is 4.74 Å². The third kappa shape index (κ3) is 9.42. The molecule has 5 unspecified atom stereocenters. The molecule has 6 heteroatoms. The maximum Gasteiger partial charge on any atom is 0.312 e. The summed E-state index contributed by atoms with van der Waals surface area (Å²) in [4.78, 5) is 25.5. The molecule has 1 aliphatic rings. The van der Waals surface area contributed by atoms with Gasteiger partial charge in [0.05, 0.1) is 12.0 Å². The van der Waals surface area contributed by atoms with E-state index in [2.05, 4.69) is 19.1 Å². The van der Waals surface area contributed by atoms with Crippen molar-refractivity contribution >= 4 is 11.8 Å². The maximum absolute atomic E-state index is 13.5. The molecule has 0 bridgehead atoms. The Morgan fingerprint density at radius 1 is 0.977 bits per heavy atom. The molecule has 4 rings (SSSR count). The summed E-state index contributed by atoms with van der Waals surface area (Å²) in [5, 5.41) is 9.93. The standard InChI is InChI=1S/C37H46O6/c1-5-37(4,36(40)43-35-13-9-12-33(39)23-35)24-31(30-14-18-32(38)19-15-30)22-26(2)29-16-20-34(21-17-29)42-27(3)41-25-28-10-7-6-8-11-28/h6-8,10-11,14-21,26-27,31,35,38H,5,9,12-13,22-25H2,1-4H3. The zero-order valence-electron chi connectivity index (χ0n) is 26.0. The van der Waals surface area contributed by atoms with E-state index in [0.29, 0.717) is 32.3 Å². The van der Waals surface area contributed by atoms with E-state index in [1.54, 1.807) is 12.1 Å². The van der Waals surface area contributed by atoms with Crippen LogP contribution in [0.2, 0.25) is 0 Å². The van der Waals surface area contributed by atoms with Crippen molar-refractivity contribution in [3.63, 3.8) is 0 Å². The molecule has 0 aliphatic heterocycles. The van der Waals surface area contributed by atoms with E-state index in [1.165, 1.54) is 5.56 Å². The largest absolute Gasteiger partial charge is 0.508 e. The van der Waals surface area contributed by atoms with Crippen LogP contribution in [0.5, 0.6) is 11.5 Å². The van der Waals surface area contributed by atoms with E-state index in [4.69, 9.17) is 14.2 Å². The summed E-state index contributed by atoms with van der Waals surface area (Å²) >= 11 is 0. The van der Waals surface area contributed by atoms with Crippen LogP contribution in [0.4, 0.5) is 0 Å². The van der Waals surface area contributed by atoms with Gasteiger partial charge in [0.2, 0.25) is 0 Å². The van der Waals surface area contributed by atoms with Gasteiger partial charge in [-0.2, -0.15) is 0 Å². The van der Waals surface area contributed by atoms with E-state index in [1.807, 2.05) is 75.4 Å². The lowest BCUT2D eigenvalue weighted by Gasteiger charge is -2.34. The second-order valence-corrected chi connectivity index (χ2v) is 12.3. The van der Waals surface area contributed by atoms with E-state index >= 15 is 0 Å². The monoisotopic (exact) mass is 586 g/mol. The first kappa shape index (κ1) is 32.3. The third-order valence-corrected chi connectivity index (χ3v) is 8.76. The van der Waals surface area contributed by atoms with Crippen LogP contribution in [0.1, 0.15) is 101 Å². The molecule has 1 N–H and O–H groups in total. The highest BCUT2D eigenvalue weighted by Gasteiger charge is 2.38. The summed E-state index contributed by atoms with van der Waals surface area (Å²) in [6, 6.07) is 25.4. The third-order valence-electron chi connectivity index (χ3n) is 8.76. The molecule has 1 fully saturated rings. The van der Waals surface area contributed by atoms with Crippen molar-refractivity contribution in [3.8, 4) is 11.5 Å². The van der Waals surface area contributed by atoms with Crippen molar-refractivity contribution in [2.24, 2.45) is 5.41 Å². The smallest absolute Gasteiger partial charge is 0.312 e. The minimum absolute atomic E-state index is 0.0587. The number of ketones is 1. The molecule has 0 radical (unpaired) electrons. The van der Waals surface area contributed by atoms with Gasteiger partial charge in [0.15, 0.2) is 6.29 Å². The van der Waals surface area contributed by atoms with E-state index in [0.717, 1.165) is 36.1 Å². The van der Waals surface area contributed by atoms with Gasteiger partial charge in [0.1, 0.15) is 23.4 Å². The Balaban J connectivity index is 1.41. The summed E-state index contributed by atoms with van der Waals surface area (Å²) in [5.41, 5.74) is 2.66. The van der Waals surface area contributed by atoms with Crippen LogP contribution in [0.15, 0.2) is 78.9 Å². The van der Waals surface area contributed by atoms with Gasteiger partial charge in [-0.25, -0.2) is 0 Å². The average Bonchev–Trinajstić information content (AvgIpc) is 3.01. The number of hydrogen-bond donors (Lipinski definition) is 1. The van der Waals surface area contributed by atoms with Crippen molar-refractivity contribution in [3.05, 3.63) is 95.6 Å². The number of esters is 1. The number of carbonyl (C=O) groups excluding carboxylic acids is 2. The molecule has 0 spiro atoms. The SMILES string of the molecule is CCC(C)(CC(CC(C)c1ccc(OC(C)OCc2ccccc2)cc1)c1ccc(O)cc1)C(=O)OC1CCCC(=O)C1. The fourth-order valence-corrected chi connectivity index (χ4v) is 5.83. The predicted octanol–water partition coefficient (Wildman–Crippen LogP) is 8.47. The van der Waals surface area contributed by atoms with E-state index < -0.39 is 5.41 Å². The van der Waals surface area contributed by atoms with Crippen molar-refractivity contribution in [2.45, 2.75) is 103 Å². The molecular weight excluding hydrogens is 540 g/mol. The predicted molar refractivity (Wildman–Crippen MR) is 168 cm³/mol. The highest BCUT2D eigenvalue weighted by Crippen LogP contribution is 2.42. The Morgan fingerprint density at radius 3 is 2.30 bits per heavy atom. The number of hydrogen-bond acceptors (Lipinski definition) is 6. The van der Waals surface area contributed by atoms with Crippen LogP contribution in [-0.2, 0) is 25.7 Å². The number of ether oxygens (including phenoxy) is 3. The first-order valence-electron chi connectivity index (χ1n) is 15.6. The van der Waals surface area contributed by atoms with E-state index in [9.17, 15) is 14.7 Å². The van der Waals surface area contributed by atoms with Gasteiger partial charge >= 0.3 is 5.97 Å². The molecule has 230 valence electrons. The van der Waals surface area contributed by atoms with Crippen LogP contribution >= 0.6 is 0 Å². The first-order chi connectivity index (χ1) is 20.6. The fourth-order valence-electron chi connectivity index (χ4n) is 5.83. The molecule has 5 atom stereocenters. The Morgan fingerprint density at radius 2 is 1.65 bits per heavy atom. The quantitative estimate of drug-likeness (QED) is 0.151. The molecule has 0 heterocycles. The van der Waals surface area contributed by atoms with Crippen LogP contribution in [0, 0.1) is 5.41 Å². The molecule has 0 saturated heterocycles. The van der Waals surface area contributed by atoms with Crippen LogP contribution in [0.3, 0.4) is 0 Å². The topological polar surface area (TPSA) is 82.1 Å². The summed E-state index contributed by atoms with van der Waals surface area (Å²) in [5.74, 6) is 1.16. The normalized spacial score (nSPS) is 18.7. The Hall–Kier alpha value is -3.64. The van der Waals surface area contributed by atoms with Gasteiger partial charge in [-0.15, -0.1) is 0 Å². The minimum atomic E-state index is -0.698. The van der Waals surface area contributed by atoms with Crippen molar-refractivity contribution in [1.82, 2.24) is 0 Å². The number of carbonyl (C=O) groups is 2. The minimum Gasteiger partial charge on any atom is -0.508 e. The molecule has 3 aromatic carbocycles.